The van der Waals surface area contributed by atoms with Crippen LogP contribution in [-0.2, 0) is 65.0 Å². The molecular formula is C31H39O5SY-. The van der Waals surface area contributed by atoms with Crippen molar-refractivity contribution in [2.45, 2.75) is 87.7 Å². The van der Waals surface area contributed by atoms with Crippen molar-refractivity contribution in [2.24, 2.45) is 11.8 Å². The Bertz CT molecular complexity index is 1220. The van der Waals surface area contributed by atoms with Crippen molar-refractivity contribution in [1.29, 1.82) is 0 Å². The molecule has 1 radical (unpaired) electrons. The molecule has 5 nitrogen and oxygen atoms in total. The zero-order valence-electron chi connectivity index (χ0n) is 22.5. The van der Waals surface area contributed by atoms with Crippen LogP contribution in [-0.4, -0.2) is 35.6 Å². The number of benzene rings is 2. The van der Waals surface area contributed by atoms with Crippen LogP contribution in [0, 0.1) is 18.8 Å². The van der Waals surface area contributed by atoms with Gasteiger partial charge in [-0.05, 0) is 49.3 Å². The van der Waals surface area contributed by atoms with Crippen molar-refractivity contribution in [3.8, 4) is 0 Å². The normalized spacial score (nSPS) is 23.4. The molecule has 2 aromatic rings. The molecule has 2 aliphatic rings. The van der Waals surface area contributed by atoms with Gasteiger partial charge in [-0.1, -0.05) is 86.2 Å². The fourth-order valence-corrected chi connectivity index (χ4v) is 7.55. The molecule has 0 bridgehead atoms. The number of carbonyl (C=O) groups is 2. The third-order valence-corrected chi connectivity index (χ3v) is 10.7. The molecule has 2 saturated carbocycles. The standard InChI is InChI=1S/C31H39O5S.Y/c1-4-21-11-8-12-23(17-21)18-26-28(30(34)31(29(26)33)37(35,36)20(2)3)25-15-13-24(14-16-25)27(32)19-22-9-6-5-7-10-22;/h8,11-17,20,22,26-28,31-32H,1,4-7,9-10,18-19H2,2-3H3;/q-1;. The van der Waals surface area contributed by atoms with Gasteiger partial charge in [0.1, 0.15) is 0 Å². The van der Waals surface area contributed by atoms with E-state index in [1.807, 2.05) is 36.4 Å². The summed E-state index contributed by atoms with van der Waals surface area (Å²) in [5.74, 6) is -2.11. The van der Waals surface area contributed by atoms with Crippen LogP contribution in [0.25, 0.3) is 0 Å². The second kappa shape index (κ2) is 13.4. The molecular weight excluding hydrogens is 573 g/mol. The minimum atomic E-state index is -3.94. The van der Waals surface area contributed by atoms with Gasteiger partial charge in [0.05, 0.1) is 17.3 Å². The quantitative estimate of drug-likeness (QED) is 0.305. The number of rotatable bonds is 9. The van der Waals surface area contributed by atoms with Gasteiger partial charge in [-0.15, -0.1) is 0 Å². The maximum absolute atomic E-state index is 13.6. The Labute approximate surface area is 253 Å². The Balaban J connectivity index is 0.00000400. The summed E-state index contributed by atoms with van der Waals surface area (Å²) in [4.78, 5) is 27.2. The topological polar surface area (TPSA) is 88.5 Å². The zero-order valence-corrected chi connectivity index (χ0v) is 26.2. The molecule has 2 aromatic carbocycles. The van der Waals surface area contributed by atoms with Crippen molar-refractivity contribution >= 4 is 21.4 Å². The summed E-state index contributed by atoms with van der Waals surface area (Å²) in [6.07, 6.45) is 7.04. The van der Waals surface area contributed by atoms with Crippen LogP contribution in [0.3, 0.4) is 0 Å². The SMILES string of the molecule is [CH2-]Cc1cccc(CC2C(=O)C(S(=O)(=O)C(C)C)C(=O)C2c2ccc(C(O)CC3CCCCC3)cc2)c1.[Y]. The molecule has 0 heterocycles. The number of carbonyl (C=O) groups excluding carboxylic acids is 2. The number of aliphatic hydroxyl groups excluding tert-OH is 1. The van der Waals surface area contributed by atoms with E-state index in [2.05, 4.69) is 6.92 Å². The number of aliphatic hydroxyl groups is 1. The summed E-state index contributed by atoms with van der Waals surface area (Å²) in [6.45, 7) is 6.95. The van der Waals surface area contributed by atoms with Gasteiger partial charge in [-0.3, -0.25) is 9.59 Å². The van der Waals surface area contributed by atoms with E-state index >= 15 is 0 Å². The van der Waals surface area contributed by atoms with Crippen LogP contribution in [0.1, 0.15) is 86.6 Å². The van der Waals surface area contributed by atoms with Gasteiger partial charge in [-0.2, -0.15) is 6.42 Å². The number of Topliss-reactive ketones (excluding diaryl/α,β-unsaturated/α-hetero) is 2. The molecule has 0 amide bonds. The van der Waals surface area contributed by atoms with Gasteiger partial charge < -0.3 is 12.0 Å². The van der Waals surface area contributed by atoms with Gasteiger partial charge >= 0.3 is 0 Å². The molecule has 2 fully saturated rings. The first-order chi connectivity index (χ1) is 17.6. The number of hydrogen-bond acceptors (Lipinski definition) is 5. The average Bonchev–Trinajstić information content (AvgIpc) is 3.14. The molecule has 0 spiro atoms. The van der Waals surface area contributed by atoms with Crippen molar-refractivity contribution in [3.05, 3.63) is 77.7 Å². The fourth-order valence-electron chi connectivity index (χ4n) is 6.04. The number of sulfone groups is 1. The monoisotopic (exact) mass is 612 g/mol. The van der Waals surface area contributed by atoms with Gasteiger partial charge in [0, 0.05) is 38.6 Å². The summed E-state index contributed by atoms with van der Waals surface area (Å²) in [6, 6.07) is 15.0. The summed E-state index contributed by atoms with van der Waals surface area (Å²) in [5, 5.41) is 8.37. The summed E-state index contributed by atoms with van der Waals surface area (Å²) >= 11 is 0. The average molecular weight is 613 g/mol. The maximum atomic E-state index is 13.6. The molecule has 203 valence electrons. The molecule has 4 rings (SSSR count). The Kier molecular flexibility index (Phi) is 11.1. The van der Waals surface area contributed by atoms with E-state index in [0.717, 1.165) is 36.0 Å². The van der Waals surface area contributed by atoms with E-state index in [4.69, 9.17) is 0 Å². The zero-order chi connectivity index (χ0) is 26.7. The minimum absolute atomic E-state index is 0. The molecule has 2 aliphatic carbocycles. The van der Waals surface area contributed by atoms with Crippen LogP contribution in [0.2, 0.25) is 0 Å². The molecule has 38 heavy (non-hydrogen) atoms. The summed E-state index contributed by atoms with van der Waals surface area (Å²) < 4.78 is 26.2. The minimum Gasteiger partial charge on any atom is -0.388 e. The number of hydrogen-bond donors (Lipinski definition) is 1. The van der Waals surface area contributed by atoms with Gasteiger partial charge in [0.15, 0.2) is 26.7 Å². The van der Waals surface area contributed by atoms with Gasteiger partial charge in [-0.25, -0.2) is 8.42 Å². The van der Waals surface area contributed by atoms with Crippen molar-refractivity contribution < 1.29 is 55.8 Å². The predicted molar refractivity (Wildman–Crippen MR) is 146 cm³/mol. The molecule has 4 atom stereocenters. The van der Waals surface area contributed by atoms with E-state index in [-0.39, 0.29) is 32.7 Å². The molecule has 0 aromatic heterocycles. The molecule has 1 N–H and O–H groups in total. The first-order valence-corrected chi connectivity index (χ1v) is 15.2. The Hall–Kier alpha value is -1.21. The van der Waals surface area contributed by atoms with Crippen LogP contribution in [0.4, 0.5) is 0 Å². The van der Waals surface area contributed by atoms with Gasteiger partial charge in [0.2, 0.25) is 0 Å². The summed E-state index contributed by atoms with van der Waals surface area (Å²) in [7, 11) is -3.94. The second-order valence-electron chi connectivity index (χ2n) is 11.1. The van der Waals surface area contributed by atoms with Crippen molar-refractivity contribution in [3.63, 3.8) is 0 Å². The third kappa shape index (κ3) is 6.74. The van der Waals surface area contributed by atoms with Crippen molar-refractivity contribution in [1.82, 2.24) is 0 Å². The maximum Gasteiger partial charge on any atom is 0.179 e. The van der Waals surface area contributed by atoms with E-state index in [1.54, 1.807) is 12.1 Å². The first kappa shape index (κ1) is 31.3. The summed E-state index contributed by atoms with van der Waals surface area (Å²) in [5.41, 5.74) is 3.33. The largest absolute Gasteiger partial charge is 0.388 e. The van der Waals surface area contributed by atoms with E-state index in [0.29, 0.717) is 24.3 Å². The number of ketones is 2. The van der Waals surface area contributed by atoms with Crippen molar-refractivity contribution in [2.75, 3.05) is 0 Å². The Morgan fingerprint density at radius 3 is 2.18 bits per heavy atom. The molecule has 4 unspecified atom stereocenters. The van der Waals surface area contributed by atoms with Crippen LogP contribution >= 0.6 is 0 Å². The Morgan fingerprint density at radius 2 is 1.58 bits per heavy atom. The Morgan fingerprint density at radius 1 is 0.947 bits per heavy atom. The third-order valence-electron chi connectivity index (χ3n) is 8.27. The van der Waals surface area contributed by atoms with Crippen LogP contribution < -0.4 is 0 Å². The fraction of sp³-hybridized carbons (Fsp3) is 0.516. The first-order valence-electron chi connectivity index (χ1n) is 13.6. The molecule has 7 heteroatoms. The smallest absolute Gasteiger partial charge is 0.179 e. The van der Waals surface area contributed by atoms with E-state index in [1.165, 1.54) is 33.1 Å². The predicted octanol–water partition coefficient (Wildman–Crippen LogP) is 5.35. The van der Waals surface area contributed by atoms with Crippen LogP contribution in [0.5, 0.6) is 0 Å². The second-order valence-corrected chi connectivity index (χ2v) is 13.7. The van der Waals surface area contributed by atoms with E-state index < -0.39 is 49.8 Å². The van der Waals surface area contributed by atoms with Crippen LogP contribution in [0.15, 0.2) is 48.5 Å². The molecule has 0 saturated heterocycles. The molecule has 0 aliphatic heterocycles. The van der Waals surface area contributed by atoms with E-state index in [9.17, 15) is 23.1 Å². The van der Waals surface area contributed by atoms with Gasteiger partial charge in [0.25, 0.3) is 0 Å².